The minimum atomic E-state index is -0.249. The molecule has 2 heterocycles. The van der Waals surface area contributed by atoms with Crippen molar-refractivity contribution in [1.29, 1.82) is 0 Å². The Balaban J connectivity index is 1.59. The fraction of sp³-hybridized carbons (Fsp3) is 0.650. The zero-order valence-corrected chi connectivity index (χ0v) is 15.0. The molecular weight excluding hydrogens is 300 g/mol. The molecule has 2 fully saturated rings. The van der Waals surface area contributed by atoms with Gasteiger partial charge in [0.25, 0.3) is 0 Å². The van der Waals surface area contributed by atoms with Gasteiger partial charge in [0.15, 0.2) is 0 Å². The van der Waals surface area contributed by atoms with E-state index in [2.05, 4.69) is 48.3 Å². The molecule has 0 bridgehead atoms. The van der Waals surface area contributed by atoms with Gasteiger partial charge in [0.1, 0.15) is 6.10 Å². The van der Waals surface area contributed by atoms with Crippen LogP contribution < -0.4 is 5.32 Å². The van der Waals surface area contributed by atoms with Crippen LogP contribution in [-0.4, -0.2) is 36.6 Å². The summed E-state index contributed by atoms with van der Waals surface area (Å²) in [6, 6.07) is 8.47. The van der Waals surface area contributed by atoms with Crippen LogP contribution in [-0.2, 0) is 22.6 Å². The molecule has 1 N–H and O–H groups in total. The zero-order valence-electron chi connectivity index (χ0n) is 15.0. The highest BCUT2D eigenvalue weighted by Gasteiger charge is 2.24. The summed E-state index contributed by atoms with van der Waals surface area (Å²) < 4.78 is 5.46. The molecule has 0 aromatic heterocycles. The van der Waals surface area contributed by atoms with E-state index in [1.165, 1.54) is 30.6 Å². The summed E-state index contributed by atoms with van der Waals surface area (Å²) in [5.41, 5.74) is 2.54. The lowest BCUT2D eigenvalue weighted by atomic mass is 9.91. The molecule has 0 spiro atoms. The SMILES string of the molecule is C[C@@H]1C[C@H](C)CN(Cc2ccccc2CNC(=O)[C@@H]2CCCO2)C1. The van der Waals surface area contributed by atoms with Gasteiger partial charge < -0.3 is 10.1 Å². The fourth-order valence-electron chi connectivity index (χ4n) is 4.13. The quantitative estimate of drug-likeness (QED) is 0.902. The topological polar surface area (TPSA) is 41.6 Å². The number of ether oxygens (including phenoxy) is 1. The highest BCUT2D eigenvalue weighted by atomic mass is 16.5. The van der Waals surface area contributed by atoms with Crippen LogP contribution in [0.1, 0.15) is 44.2 Å². The summed E-state index contributed by atoms with van der Waals surface area (Å²) in [4.78, 5) is 14.7. The number of nitrogens with zero attached hydrogens (tertiary/aromatic N) is 1. The summed E-state index contributed by atoms with van der Waals surface area (Å²) in [5.74, 6) is 1.56. The molecular formula is C20H30N2O2. The Labute approximate surface area is 145 Å². The standard InChI is InChI=1S/C20H30N2O2/c1-15-10-16(2)13-22(12-15)14-18-7-4-3-6-17(18)11-21-20(23)19-8-5-9-24-19/h3-4,6-7,15-16,19H,5,8-14H2,1-2H3,(H,21,23)/t15-,16+,19-/m0/s1. The molecule has 0 unspecified atom stereocenters. The first kappa shape index (κ1) is 17.4. The van der Waals surface area contributed by atoms with Crippen LogP contribution in [0.3, 0.4) is 0 Å². The number of hydrogen-bond donors (Lipinski definition) is 1. The van der Waals surface area contributed by atoms with Gasteiger partial charge in [-0.1, -0.05) is 38.1 Å². The molecule has 3 rings (SSSR count). The van der Waals surface area contributed by atoms with Crippen molar-refractivity contribution in [2.24, 2.45) is 11.8 Å². The number of benzene rings is 1. The van der Waals surface area contributed by atoms with Crippen molar-refractivity contribution < 1.29 is 9.53 Å². The monoisotopic (exact) mass is 330 g/mol. The van der Waals surface area contributed by atoms with Crippen molar-refractivity contribution in [3.05, 3.63) is 35.4 Å². The number of piperidine rings is 1. The van der Waals surface area contributed by atoms with Gasteiger partial charge in [0.2, 0.25) is 5.91 Å². The van der Waals surface area contributed by atoms with Crippen molar-refractivity contribution in [2.75, 3.05) is 19.7 Å². The third kappa shape index (κ3) is 4.58. The molecule has 4 heteroatoms. The van der Waals surface area contributed by atoms with E-state index in [0.717, 1.165) is 31.2 Å². The summed E-state index contributed by atoms with van der Waals surface area (Å²) in [7, 11) is 0. The minimum absolute atomic E-state index is 0.0301. The zero-order chi connectivity index (χ0) is 16.9. The molecule has 3 atom stereocenters. The number of rotatable bonds is 5. The summed E-state index contributed by atoms with van der Waals surface area (Å²) >= 11 is 0. The smallest absolute Gasteiger partial charge is 0.249 e. The lowest BCUT2D eigenvalue weighted by Gasteiger charge is -2.35. The van der Waals surface area contributed by atoms with Crippen molar-refractivity contribution in [3.8, 4) is 0 Å². The molecule has 2 aliphatic heterocycles. The Hall–Kier alpha value is -1.39. The molecule has 4 nitrogen and oxygen atoms in total. The third-order valence-corrected chi connectivity index (χ3v) is 5.13. The Morgan fingerprint density at radius 3 is 2.58 bits per heavy atom. The van der Waals surface area contributed by atoms with Gasteiger partial charge in [-0.25, -0.2) is 0 Å². The highest BCUT2D eigenvalue weighted by Crippen LogP contribution is 2.23. The maximum Gasteiger partial charge on any atom is 0.249 e. The number of carbonyl (C=O) groups excluding carboxylic acids is 1. The Kier molecular flexibility index (Phi) is 5.90. The molecule has 132 valence electrons. The van der Waals surface area contributed by atoms with E-state index in [-0.39, 0.29) is 12.0 Å². The molecule has 0 radical (unpaired) electrons. The van der Waals surface area contributed by atoms with Crippen molar-refractivity contribution in [2.45, 2.75) is 52.3 Å². The van der Waals surface area contributed by atoms with Crippen LogP contribution in [0.2, 0.25) is 0 Å². The van der Waals surface area contributed by atoms with E-state index in [1.54, 1.807) is 0 Å². The molecule has 0 saturated carbocycles. The van der Waals surface area contributed by atoms with Crippen LogP contribution in [0.5, 0.6) is 0 Å². The maximum absolute atomic E-state index is 12.2. The van der Waals surface area contributed by atoms with E-state index in [1.807, 2.05) is 0 Å². The first-order valence-electron chi connectivity index (χ1n) is 9.30. The van der Waals surface area contributed by atoms with Gasteiger partial charge in [-0.15, -0.1) is 0 Å². The number of nitrogens with one attached hydrogen (secondary N) is 1. The second-order valence-electron chi connectivity index (χ2n) is 7.63. The molecule has 0 aliphatic carbocycles. The summed E-state index contributed by atoms with van der Waals surface area (Å²) in [6.07, 6.45) is 2.91. The van der Waals surface area contributed by atoms with Gasteiger partial charge in [0.05, 0.1) is 0 Å². The summed E-state index contributed by atoms with van der Waals surface area (Å²) in [6.45, 7) is 9.29. The van der Waals surface area contributed by atoms with Gasteiger partial charge in [-0.05, 0) is 42.2 Å². The Morgan fingerprint density at radius 1 is 1.21 bits per heavy atom. The van der Waals surface area contributed by atoms with E-state index in [4.69, 9.17) is 4.74 Å². The molecule has 1 aromatic rings. The summed E-state index contributed by atoms with van der Waals surface area (Å²) in [5, 5.41) is 3.05. The third-order valence-electron chi connectivity index (χ3n) is 5.13. The van der Waals surface area contributed by atoms with E-state index >= 15 is 0 Å². The van der Waals surface area contributed by atoms with Crippen molar-refractivity contribution in [3.63, 3.8) is 0 Å². The predicted octanol–water partition coefficient (Wildman–Crippen LogP) is 2.96. The van der Waals surface area contributed by atoms with Gasteiger partial charge >= 0.3 is 0 Å². The maximum atomic E-state index is 12.2. The van der Waals surface area contributed by atoms with Crippen LogP contribution in [0.15, 0.2) is 24.3 Å². The molecule has 1 aromatic carbocycles. The predicted molar refractivity (Wildman–Crippen MR) is 95.5 cm³/mol. The van der Waals surface area contributed by atoms with Gasteiger partial charge in [-0.3, -0.25) is 9.69 Å². The van der Waals surface area contributed by atoms with E-state index in [9.17, 15) is 4.79 Å². The highest BCUT2D eigenvalue weighted by molar-refractivity contribution is 5.80. The van der Waals surface area contributed by atoms with Crippen molar-refractivity contribution in [1.82, 2.24) is 10.2 Å². The second kappa shape index (κ2) is 8.13. The second-order valence-corrected chi connectivity index (χ2v) is 7.63. The molecule has 24 heavy (non-hydrogen) atoms. The Bertz CT molecular complexity index is 544. The van der Waals surface area contributed by atoms with Crippen molar-refractivity contribution >= 4 is 5.91 Å². The average Bonchev–Trinajstić information content (AvgIpc) is 3.07. The normalized spacial score (nSPS) is 28.0. The fourth-order valence-corrected chi connectivity index (χ4v) is 4.13. The lowest BCUT2D eigenvalue weighted by Crippen LogP contribution is -2.38. The molecule has 2 aliphatic rings. The number of likely N-dealkylation sites (tertiary alicyclic amines) is 1. The van der Waals surface area contributed by atoms with E-state index < -0.39 is 0 Å². The van der Waals surface area contributed by atoms with Crippen LogP contribution in [0.4, 0.5) is 0 Å². The number of amides is 1. The number of hydrogen-bond acceptors (Lipinski definition) is 3. The average molecular weight is 330 g/mol. The van der Waals surface area contributed by atoms with E-state index in [0.29, 0.717) is 13.2 Å². The lowest BCUT2D eigenvalue weighted by molar-refractivity contribution is -0.130. The molecule has 1 amide bonds. The first-order chi connectivity index (χ1) is 11.6. The van der Waals surface area contributed by atoms with Gasteiger partial charge in [0, 0.05) is 32.8 Å². The Morgan fingerprint density at radius 2 is 1.92 bits per heavy atom. The molecule has 2 saturated heterocycles. The largest absolute Gasteiger partial charge is 0.368 e. The van der Waals surface area contributed by atoms with Crippen LogP contribution in [0.25, 0.3) is 0 Å². The number of carbonyl (C=O) groups is 1. The van der Waals surface area contributed by atoms with Crippen LogP contribution in [0, 0.1) is 11.8 Å². The first-order valence-corrected chi connectivity index (χ1v) is 9.30. The van der Waals surface area contributed by atoms with Gasteiger partial charge in [-0.2, -0.15) is 0 Å². The van der Waals surface area contributed by atoms with Crippen LogP contribution >= 0.6 is 0 Å². The minimum Gasteiger partial charge on any atom is -0.368 e.